The van der Waals surface area contributed by atoms with Crippen LogP contribution in [0.15, 0.2) is 0 Å². The lowest BCUT2D eigenvalue weighted by molar-refractivity contribution is -0.137. The fourth-order valence-corrected chi connectivity index (χ4v) is 3.73. The number of rotatable bonds is 1. The molecule has 2 aliphatic heterocycles. The summed E-state index contributed by atoms with van der Waals surface area (Å²) < 4.78 is 0. The summed E-state index contributed by atoms with van der Waals surface area (Å²) in [7, 11) is 0. The molecular formula is C14H24N2O2. The summed E-state index contributed by atoms with van der Waals surface area (Å²) in [5.41, 5.74) is 0.335. The van der Waals surface area contributed by atoms with Crippen LogP contribution in [0.4, 0.5) is 0 Å². The first-order chi connectivity index (χ1) is 8.62. The normalized spacial score (nSPS) is 38.8. The number of aliphatic hydroxyl groups excluding tert-OH is 1. The van der Waals surface area contributed by atoms with Crippen molar-refractivity contribution >= 4 is 5.91 Å². The first-order valence-corrected chi connectivity index (χ1v) is 7.30. The fourth-order valence-electron chi connectivity index (χ4n) is 3.73. The van der Waals surface area contributed by atoms with Gasteiger partial charge < -0.3 is 15.3 Å². The minimum Gasteiger partial charge on any atom is -0.393 e. The third kappa shape index (κ3) is 2.05. The van der Waals surface area contributed by atoms with Crippen molar-refractivity contribution < 1.29 is 9.90 Å². The molecule has 0 bridgehead atoms. The van der Waals surface area contributed by atoms with Crippen LogP contribution in [0.25, 0.3) is 0 Å². The second-order valence-electron chi connectivity index (χ2n) is 6.49. The van der Waals surface area contributed by atoms with E-state index in [1.165, 1.54) is 0 Å². The van der Waals surface area contributed by atoms with Gasteiger partial charge in [0.05, 0.1) is 6.10 Å². The van der Waals surface area contributed by atoms with E-state index in [0.717, 1.165) is 51.9 Å². The van der Waals surface area contributed by atoms with Gasteiger partial charge >= 0.3 is 0 Å². The number of piperidine rings is 2. The van der Waals surface area contributed by atoms with Crippen molar-refractivity contribution in [2.75, 3.05) is 26.2 Å². The van der Waals surface area contributed by atoms with Gasteiger partial charge in [0, 0.05) is 19.0 Å². The van der Waals surface area contributed by atoms with E-state index >= 15 is 0 Å². The topological polar surface area (TPSA) is 52.6 Å². The Kier molecular flexibility index (Phi) is 3.10. The standard InChI is InChI=1S/C14H24N2O2/c1-10-9-16(7-2-12(10)17)13(18)11-8-14(11)3-5-15-6-4-14/h10-12,15,17H,2-9H2,1H3. The molecule has 0 aromatic heterocycles. The summed E-state index contributed by atoms with van der Waals surface area (Å²) in [6, 6.07) is 0. The molecular weight excluding hydrogens is 228 g/mol. The van der Waals surface area contributed by atoms with Gasteiger partial charge in [-0.15, -0.1) is 0 Å². The Morgan fingerprint density at radius 1 is 1.39 bits per heavy atom. The zero-order chi connectivity index (χ0) is 12.8. The molecule has 1 spiro atoms. The minimum absolute atomic E-state index is 0.221. The van der Waals surface area contributed by atoms with E-state index in [0.29, 0.717) is 11.3 Å². The Labute approximate surface area is 109 Å². The largest absolute Gasteiger partial charge is 0.393 e. The molecule has 2 heterocycles. The molecule has 102 valence electrons. The van der Waals surface area contributed by atoms with Crippen molar-refractivity contribution in [2.45, 2.75) is 38.7 Å². The van der Waals surface area contributed by atoms with E-state index < -0.39 is 0 Å². The second-order valence-corrected chi connectivity index (χ2v) is 6.49. The summed E-state index contributed by atoms with van der Waals surface area (Å²) in [6.45, 7) is 5.66. The van der Waals surface area contributed by atoms with Crippen molar-refractivity contribution in [1.82, 2.24) is 10.2 Å². The predicted octanol–water partition coefficient (Wildman–Crippen LogP) is 0.605. The van der Waals surface area contributed by atoms with Crippen LogP contribution in [0, 0.1) is 17.3 Å². The van der Waals surface area contributed by atoms with E-state index in [-0.39, 0.29) is 17.9 Å². The van der Waals surface area contributed by atoms with Crippen LogP contribution >= 0.6 is 0 Å². The molecule has 3 fully saturated rings. The zero-order valence-corrected chi connectivity index (χ0v) is 11.2. The van der Waals surface area contributed by atoms with Gasteiger partial charge in [0.2, 0.25) is 5.91 Å². The van der Waals surface area contributed by atoms with Crippen LogP contribution in [0.2, 0.25) is 0 Å². The maximum Gasteiger partial charge on any atom is 0.226 e. The summed E-state index contributed by atoms with van der Waals surface area (Å²) >= 11 is 0. The number of nitrogens with one attached hydrogen (secondary N) is 1. The van der Waals surface area contributed by atoms with Crippen LogP contribution in [0.3, 0.4) is 0 Å². The van der Waals surface area contributed by atoms with Gasteiger partial charge in [-0.1, -0.05) is 6.92 Å². The lowest BCUT2D eigenvalue weighted by atomic mass is 9.90. The molecule has 0 aromatic rings. The highest BCUT2D eigenvalue weighted by molar-refractivity contribution is 5.83. The first-order valence-electron chi connectivity index (χ1n) is 7.30. The number of carbonyl (C=O) groups excluding carboxylic acids is 1. The fraction of sp³-hybridized carbons (Fsp3) is 0.929. The molecule has 4 heteroatoms. The Bertz CT molecular complexity index is 333. The van der Waals surface area contributed by atoms with E-state index in [1.54, 1.807) is 0 Å². The molecule has 2 N–H and O–H groups in total. The lowest BCUT2D eigenvalue weighted by Gasteiger charge is -2.35. The molecule has 0 aromatic carbocycles. The zero-order valence-electron chi connectivity index (χ0n) is 11.2. The third-order valence-electron chi connectivity index (χ3n) is 5.26. The predicted molar refractivity (Wildman–Crippen MR) is 69.0 cm³/mol. The van der Waals surface area contributed by atoms with Crippen molar-refractivity contribution in [1.29, 1.82) is 0 Å². The van der Waals surface area contributed by atoms with Gasteiger partial charge in [0.25, 0.3) is 0 Å². The maximum atomic E-state index is 12.5. The van der Waals surface area contributed by atoms with Gasteiger partial charge in [-0.25, -0.2) is 0 Å². The number of hydrogen-bond acceptors (Lipinski definition) is 3. The van der Waals surface area contributed by atoms with E-state index in [9.17, 15) is 9.90 Å². The van der Waals surface area contributed by atoms with E-state index in [2.05, 4.69) is 5.32 Å². The Hall–Kier alpha value is -0.610. The van der Waals surface area contributed by atoms with Crippen LogP contribution in [0.1, 0.15) is 32.6 Å². The Morgan fingerprint density at radius 2 is 2.11 bits per heavy atom. The number of amides is 1. The smallest absolute Gasteiger partial charge is 0.226 e. The molecule has 18 heavy (non-hydrogen) atoms. The average molecular weight is 252 g/mol. The number of aliphatic hydroxyl groups is 1. The van der Waals surface area contributed by atoms with E-state index in [4.69, 9.17) is 0 Å². The molecule has 2 saturated heterocycles. The quantitative estimate of drug-likeness (QED) is 0.719. The molecule has 1 saturated carbocycles. The lowest BCUT2D eigenvalue weighted by Crippen LogP contribution is -2.46. The SMILES string of the molecule is CC1CN(C(=O)C2CC23CCNCC3)CCC1O. The highest BCUT2D eigenvalue weighted by Crippen LogP contribution is 2.59. The third-order valence-corrected chi connectivity index (χ3v) is 5.26. The van der Waals surface area contributed by atoms with Crippen LogP contribution in [0.5, 0.6) is 0 Å². The molecule has 4 nitrogen and oxygen atoms in total. The number of nitrogens with zero attached hydrogens (tertiary/aromatic N) is 1. The van der Waals surface area contributed by atoms with Gasteiger partial charge in [-0.05, 0) is 50.1 Å². The molecule has 0 radical (unpaired) electrons. The molecule has 1 amide bonds. The van der Waals surface area contributed by atoms with Gasteiger partial charge in [-0.2, -0.15) is 0 Å². The summed E-state index contributed by atoms with van der Waals surface area (Å²) in [6.07, 6.45) is 3.95. The molecule has 3 rings (SSSR count). The van der Waals surface area contributed by atoms with Crippen molar-refractivity contribution in [3.8, 4) is 0 Å². The number of carbonyl (C=O) groups is 1. The number of likely N-dealkylation sites (tertiary alicyclic amines) is 1. The van der Waals surface area contributed by atoms with Crippen LogP contribution < -0.4 is 5.32 Å². The van der Waals surface area contributed by atoms with E-state index in [1.807, 2.05) is 11.8 Å². The van der Waals surface area contributed by atoms with Crippen LogP contribution in [-0.2, 0) is 4.79 Å². The van der Waals surface area contributed by atoms with Gasteiger partial charge in [0.15, 0.2) is 0 Å². The Balaban J connectivity index is 1.59. The highest BCUT2D eigenvalue weighted by Gasteiger charge is 2.58. The molecule has 1 aliphatic carbocycles. The Morgan fingerprint density at radius 3 is 2.78 bits per heavy atom. The van der Waals surface area contributed by atoms with Crippen molar-refractivity contribution in [3.63, 3.8) is 0 Å². The van der Waals surface area contributed by atoms with Crippen LogP contribution in [-0.4, -0.2) is 48.2 Å². The van der Waals surface area contributed by atoms with Crippen molar-refractivity contribution in [2.24, 2.45) is 17.3 Å². The molecule has 3 unspecified atom stereocenters. The monoisotopic (exact) mass is 252 g/mol. The van der Waals surface area contributed by atoms with Gasteiger partial charge in [-0.3, -0.25) is 4.79 Å². The average Bonchev–Trinajstić information content (AvgIpc) is 3.06. The molecule has 3 aliphatic rings. The first kappa shape index (κ1) is 12.4. The van der Waals surface area contributed by atoms with Crippen molar-refractivity contribution in [3.05, 3.63) is 0 Å². The summed E-state index contributed by atoms with van der Waals surface area (Å²) in [4.78, 5) is 14.5. The summed E-state index contributed by atoms with van der Waals surface area (Å²) in [5, 5.41) is 13.1. The number of hydrogen-bond donors (Lipinski definition) is 2. The molecule has 3 atom stereocenters. The minimum atomic E-state index is -0.221. The highest BCUT2D eigenvalue weighted by atomic mass is 16.3. The van der Waals surface area contributed by atoms with Gasteiger partial charge in [0.1, 0.15) is 0 Å². The maximum absolute atomic E-state index is 12.5. The summed E-state index contributed by atoms with van der Waals surface area (Å²) in [5.74, 6) is 0.864. The second kappa shape index (κ2) is 4.49.